The summed E-state index contributed by atoms with van der Waals surface area (Å²) in [6.07, 6.45) is 34.9. The van der Waals surface area contributed by atoms with E-state index in [1.54, 1.807) is 6.08 Å². The molecule has 0 bridgehead atoms. The number of nitrogens with one attached hydrogen (secondary N) is 2. The first-order valence-electron chi connectivity index (χ1n) is 19.8. The molecule has 3 aromatic rings. The number of fused-ring (bicyclic) bond motifs is 5. The molecule has 3 heterocycles. The molecule has 3 unspecified atom stereocenters. The third kappa shape index (κ3) is 7.96. The highest BCUT2D eigenvalue weighted by molar-refractivity contribution is 7.99. The lowest BCUT2D eigenvalue weighted by molar-refractivity contribution is 0.629. The highest BCUT2D eigenvalue weighted by Crippen LogP contribution is 2.45. The van der Waals surface area contributed by atoms with Crippen LogP contribution in [-0.4, -0.2) is 24.6 Å². The minimum Gasteiger partial charge on any atom is -0.379 e. The van der Waals surface area contributed by atoms with Gasteiger partial charge in [0.15, 0.2) is 0 Å². The van der Waals surface area contributed by atoms with Crippen LogP contribution in [-0.2, 0) is 0 Å². The van der Waals surface area contributed by atoms with Crippen molar-refractivity contribution in [3.8, 4) is 0 Å². The van der Waals surface area contributed by atoms with Crippen LogP contribution in [0.15, 0.2) is 209 Å². The highest BCUT2D eigenvalue weighted by Gasteiger charge is 2.28. The van der Waals surface area contributed by atoms with Crippen LogP contribution < -0.4 is 10.6 Å². The third-order valence-corrected chi connectivity index (χ3v) is 12.4. The van der Waals surface area contributed by atoms with Crippen LogP contribution >= 0.6 is 11.8 Å². The summed E-state index contributed by atoms with van der Waals surface area (Å²) in [5.41, 5.74) is 17.3. The molecular weight excluding hydrogens is 711 g/mol. The lowest BCUT2D eigenvalue weighted by Gasteiger charge is -2.31. The van der Waals surface area contributed by atoms with Gasteiger partial charge in [0.2, 0.25) is 0 Å². The van der Waals surface area contributed by atoms with Gasteiger partial charge in [-0.2, -0.15) is 0 Å². The number of hydrogen-bond donors (Lipinski definition) is 2. The Morgan fingerprint density at radius 2 is 1.70 bits per heavy atom. The number of anilines is 2. The molecule has 282 valence electrons. The molecule has 0 saturated heterocycles. The van der Waals surface area contributed by atoms with Gasteiger partial charge in [-0.3, -0.25) is 4.99 Å². The van der Waals surface area contributed by atoms with E-state index in [-0.39, 0.29) is 11.8 Å². The standard InChI is InChI=1S/C53H49N3S/c1-6-8-9-13-37(5)56-51(35(3)17-18-44-34-57-50-16-11-10-15-48(44)50)40-21-19-38(20-22-40)36(4)32-41-23-24-42-33-43(26-27-46(42)45(41)7-2)47-29-31-55-53-49(47)28-25-39-14-12-30-54-52(39)53/h6-29,32-33,42,44,46,54-55H,1-3,30-31,34H2,4-5H3/b9-8-,18-17-,36-32+,37-13+,56-51+. The Hall–Kier alpha value is -6.10. The number of nitrogens with zero attached hydrogens (tertiary/aromatic N) is 1. The molecule has 0 aromatic heterocycles. The van der Waals surface area contributed by atoms with Crippen molar-refractivity contribution in [2.24, 2.45) is 16.8 Å². The van der Waals surface area contributed by atoms with Crippen LogP contribution in [0.4, 0.5) is 11.4 Å². The fourth-order valence-corrected chi connectivity index (χ4v) is 9.48. The predicted molar refractivity (Wildman–Crippen MR) is 249 cm³/mol. The highest BCUT2D eigenvalue weighted by atomic mass is 32.2. The normalized spacial score (nSPS) is 21.3. The van der Waals surface area contributed by atoms with E-state index in [1.807, 2.05) is 43.0 Å². The Balaban J connectivity index is 1.02. The largest absolute Gasteiger partial charge is 0.379 e. The van der Waals surface area contributed by atoms with Crippen LogP contribution in [0.3, 0.4) is 0 Å². The van der Waals surface area contributed by atoms with E-state index in [0.29, 0.717) is 5.92 Å². The lowest BCUT2D eigenvalue weighted by Crippen LogP contribution is -2.19. The summed E-state index contributed by atoms with van der Waals surface area (Å²) in [6.45, 7) is 18.4. The number of thioether (sulfide) groups is 1. The second-order valence-corrected chi connectivity index (χ2v) is 16.0. The van der Waals surface area contributed by atoms with E-state index in [9.17, 15) is 0 Å². The van der Waals surface area contributed by atoms with Gasteiger partial charge in [0.25, 0.3) is 0 Å². The third-order valence-electron chi connectivity index (χ3n) is 11.2. The number of aliphatic imine (C=N–C) groups is 1. The Morgan fingerprint density at radius 3 is 2.54 bits per heavy atom. The van der Waals surface area contributed by atoms with Crippen LogP contribution in [0.25, 0.3) is 17.2 Å². The van der Waals surface area contributed by atoms with Crippen LogP contribution in [0, 0.1) is 11.8 Å². The number of rotatable bonds is 11. The molecule has 3 atom stereocenters. The quantitative estimate of drug-likeness (QED) is 0.151. The maximum atomic E-state index is 5.07. The van der Waals surface area contributed by atoms with Gasteiger partial charge in [0.1, 0.15) is 0 Å². The van der Waals surface area contributed by atoms with Gasteiger partial charge in [-0.05, 0) is 76.1 Å². The van der Waals surface area contributed by atoms with Crippen LogP contribution in [0.1, 0.15) is 47.6 Å². The molecule has 2 N–H and O–H groups in total. The molecule has 5 aliphatic rings. The van der Waals surface area contributed by atoms with Gasteiger partial charge in [0, 0.05) is 58.3 Å². The van der Waals surface area contributed by atoms with Gasteiger partial charge in [0.05, 0.1) is 17.1 Å². The lowest BCUT2D eigenvalue weighted by atomic mass is 9.74. The summed E-state index contributed by atoms with van der Waals surface area (Å²) in [4.78, 5) is 6.44. The smallest absolute Gasteiger partial charge is 0.0771 e. The van der Waals surface area contributed by atoms with E-state index >= 15 is 0 Å². The fourth-order valence-electron chi connectivity index (χ4n) is 8.27. The average Bonchev–Trinajstić information content (AvgIpc) is 3.67. The molecule has 2 aliphatic carbocycles. The van der Waals surface area contributed by atoms with Crippen LogP contribution in [0.2, 0.25) is 0 Å². The minimum absolute atomic E-state index is 0.238. The molecule has 0 fully saturated rings. The maximum absolute atomic E-state index is 5.07. The van der Waals surface area contributed by atoms with Crippen molar-refractivity contribution in [3.05, 3.63) is 227 Å². The summed E-state index contributed by atoms with van der Waals surface area (Å²) < 4.78 is 0. The molecular formula is C53H49N3S. The number of allylic oxidation sites excluding steroid dienone is 20. The zero-order valence-electron chi connectivity index (χ0n) is 32.8. The molecule has 0 spiro atoms. The summed E-state index contributed by atoms with van der Waals surface area (Å²) in [7, 11) is 0. The van der Waals surface area contributed by atoms with E-state index < -0.39 is 0 Å². The van der Waals surface area contributed by atoms with Gasteiger partial charge in [-0.15, -0.1) is 11.8 Å². The molecule has 3 aliphatic heterocycles. The van der Waals surface area contributed by atoms with Gasteiger partial charge in [-0.25, -0.2) is 0 Å². The molecule has 0 radical (unpaired) electrons. The van der Waals surface area contributed by atoms with E-state index in [0.717, 1.165) is 47.0 Å². The summed E-state index contributed by atoms with van der Waals surface area (Å²) in [6, 6.07) is 21.9. The second kappa shape index (κ2) is 17.0. The summed E-state index contributed by atoms with van der Waals surface area (Å²) in [5, 5.41) is 7.21. The van der Waals surface area contributed by atoms with Crippen molar-refractivity contribution in [1.29, 1.82) is 0 Å². The van der Waals surface area contributed by atoms with E-state index in [2.05, 4.69) is 165 Å². The van der Waals surface area contributed by atoms with E-state index in [4.69, 9.17) is 4.99 Å². The molecule has 0 amide bonds. The maximum Gasteiger partial charge on any atom is 0.0771 e. The molecule has 0 saturated carbocycles. The predicted octanol–water partition coefficient (Wildman–Crippen LogP) is 13.3. The van der Waals surface area contributed by atoms with Gasteiger partial charge >= 0.3 is 0 Å². The Morgan fingerprint density at radius 1 is 0.877 bits per heavy atom. The van der Waals surface area contributed by atoms with E-state index in [1.165, 1.54) is 60.8 Å². The first-order chi connectivity index (χ1) is 27.9. The number of hydrogen-bond acceptors (Lipinski definition) is 4. The second-order valence-electron chi connectivity index (χ2n) is 14.9. The molecule has 3 nitrogen and oxygen atoms in total. The van der Waals surface area contributed by atoms with Gasteiger partial charge < -0.3 is 10.6 Å². The minimum atomic E-state index is 0.238. The molecule has 4 heteroatoms. The first kappa shape index (κ1) is 37.8. The Kier molecular flexibility index (Phi) is 11.2. The molecule has 3 aromatic carbocycles. The average molecular weight is 760 g/mol. The fraction of sp³-hybridized carbons (Fsp3) is 0.151. The monoisotopic (exact) mass is 759 g/mol. The zero-order chi connectivity index (χ0) is 39.3. The van der Waals surface area contributed by atoms with Crippen molar-refractivity contribution >= 4 is 46.1 Å². The van der Waals surface area contributed by atoms with Crippen molar-refractivity contribution < 1.29 is 0 Å². The first-order valence-corrected chi connectivity index (χ1v) is 20.8. The SMILES string of the molecule is C=C\C=C/C=C(C)/N=C(\C(=C)/C=C\C1CSc2ccccc21)c1ccc(/C(C)=C/C2=C(C=C)C3C=CC(C4=CCNc5c4ccc4c5NCC=C4)=CC3C=C2)cc1. The topological polar surface area (TPSA) is 36.4 Å². The van der Waals surface area contributed by atoms with Gasteiger partial charge in [-0.1, -0.05) is 165 Å². The molecule has 8 rings (SSSR count). The summed E-state index contributed by atoms with van der Waals surface area (Å²) in [5.74, 6) is 1.90. The van der Waals surface area contributed by atoms with Crippen molar-refractivity contribution in [3.63, 3.8) is 0 Å². The van der Waals surface area contributed by atoms with Crippen molar-refractivity contribution in [2.75, 3.05) is 29.5 Å². The molecule has 57 heavy (non-hydrogen) atoms. The van der Waals surface area contributed by atoms with Crippen LogP contribution in [0.5, 0.6) is 0 Å². The summed E-state index contributed by atoms with van der Waals surface area (Å²) >= 11 is 1.92. The Labute approximate surface area is 342 Å². The van der Waals surface area contributed by atoms with Crippen molar-refractivity contribution in [1.82, 2.24) is 0 Å². The zero-order valence-corrected chi connectivity index (χ0v) is 33.7. The Bertz CT molecular complexity index is 2480. The van der Waals surface area contributed by atoms with Crippen molar-refractivity contribution in [2.45, 2.75) is 24.7 Å². The number of benzene rings is 3.